The lowest BCUT2D eigenvalue weighted by molar-refractivity contribution is 0.172. The van der Waals surface area contributed by atoms with Crippen LogP contribution in [0, 0.1) is 6.92 Å². The van der Waals surface area contributed by atoms with Gasteiger partial charge in [0.1, 0.15) is 5.82 Å². The number of anilines is 1. The molecule has 1 N–H and O–H groups in total. The summed E-state index contributed by atoms with van der Waals surface area (Å²) in [4.78, 5) is 9.52. The third-order valence-electron chi connectivity index (χ3n) is 4.23. The van der Waals surface area contributed by atoms with Crippen LogP contribution in [0.1, 0.15) is 44.6 Å². The number of pyridine rings is 1. The second kappa shape index (κ2) is 6.55. The maximum Gasteiger partial charge on any atom is 0.128 e. The van der Waals surface area contributed by atoms with Crippen LogP contribution in [-0.2, 0) is 0 Å². The molecular weight excluding hydrogens is 250 g/mol. The molecule has 4 heteroatoms. The van der Waals surface area contributed by atoms with Crippen LogP contribution < -0.4 is 4.90 Å². The SMILES string of the molecule is CC[C@@H](O)c1ccc(N2CCN(C(C)C)CC2)nc1C. The van der Waals surface area contributed by atoms with Crippen molar-refractivity contribution in [1.29, 1.82) is 0 Å². The molecule has 0 amide bonds. The molecule has 0 spiro atoms. The molecule has 1 aromatic heterocycles. The number of rotatable bonds is 4. The Hall–Kier alpha value is -1.13. The predicted octanol–water partition coefficient (Wildman–Crippen LogP) is 2.36. The smallest absolute Gasteiger partial charge is 0.128 e. The Balaban J connectivity index is 2.06. The van der Waals surface area contributed by atoms with E-state index in [-0.39, 0.29) is 0 Å². The maximum atomic E-state index is 9.95. The summed E-state index contributed by atoms with van der Waals surface area (Å²) in [5.74, 6) is 1.04. The van der Waals surface area contributed by atoms with E-state index < -0.39 is 6.10 Å². The number of aromatic nitrogens is 1. The second-order valence-electron chi connectivity index (χ2n) is 5.88. The van der Waals surface area contributed by atoms with Gasteiger partial charge >= 0.3 is 0 Å². The Kier molecular flexibility index (Phi) is 5.00. The van der Waals surface area contributed by atoms with Crippen LogP contribution in [0.25, 0.3) is 0 Å². The monoisotopic (exact) mass is 277 g/mol. The van der Waals surface area contributed by atoms with Gasteiger partial charge in [-0.05, 0) is 33.3 Å². The van der Waals surface area contributed by atoms with Crippen molar-refractivity contribution < 1.29 is 5.11 Å². The fourth-order valence-corrected chi connectivity index (χ4v) is 2.77. The maximum absolute atomic E-state index is 9.95. The highest BCUT2D eigenvalue weighted by molar-refractivity contribution is 5.42. The molecule has 0 aromatic carbocycles. The fourth-order valence-electron chi connectivity index (χ4n) is 2.77. The van der Waals surface area contributed by atoms with Gasteiger partial charge in [-0.25, -0.2) is 4.98 Å². The summed E-state index contributed by atoms with van der Waals surface area (Å²) in [6.07, 6.45) is 0.337. The third kappa shape index (κ3) is 3.30. The molecule has 1 aliphatic heterocycles. The molecule has 1 saturated heterocycles. The van der Waals surface area contributed by atoms with Crippen molar-refractivity contribution in [2.24, 2.45) is 0 Å². The lowest BCUT2D eigenvalue weighted by Gasteiger charge is -2.37. The first kappa shape index (κ1) is 15.3. The molecule has 0 bridgehead atoms. The molecule has 1 aliphatic rings. The number of aliphatic hydroxyl groups excluding tert-OH is 1. The quantitative estimate of drug-likeness (QED) is 0.917. The van der Waals surface area contributed by atoms with Crippen molar-refractivity contribution in [1.82, 2.24) is 9.88 Å². The molecule has 2 heterocycles. The summed E-state index contributed by atoms with van der Waals surface area (Å²) in [5, 5.41) is 9.95. The van der Waals surface area contributed by atoms with Gasteiger partial charge in [0.15, 0.2) is 0 Å². The van der Waals surface area contributed by atoms with Gasteiger partial charge < -0.3 is 10.0 Å². The van der Waals surface area contributed by atoms with Gasteiger partial charge in [0.05, 0.1) is 6.10 Å². The van der Waals surface area contributed by atoms with E-state index in [9.17, 15) is 5.11 Å². The zero-order chi connectivity index (χ0) is 14.7. The highest BCUT2D eigenvalue weighted by Gasteiger charge is 2.20. The second-order valence-corrected chi connectivity index (χ2v) is 5.88. The van der Waals surface area contributed by atoms with Gasteiger partial charge in [-0.1, -0.05) is 13.0 Å². The normalized spacial score (nSPS) is 18.6. The van der Waals surface area contributed by atoms with Crippen molar-refractivity contribution in [3.05, 3.63) is 23.4 Å². The van der Waals surface area contributed by atoms with Crippen LogP contribution >= 0.6 is 0 Å². The first-order chi connectivity index (χ1) is 9.52. The van der Waals surface area contributed by atoms with Gasteiger partial charge in [-0.3, -0.25) is 4.90 Å². The van der Waals surface area contributed by atoms with Crippen LogP contribution in [0.2, 0.25) is 0 Å². The minimum atomic E-state index is -0.394. The average molecular weight is 277 g/mol. The van der Waals surface area contributed by atoms with Crippen molar-refractivity contribution >= 4 is 5.82 Å². The Morgan fingerprint density at radius 2 is 1.85 bits per heavy atom. The van der Waals surface area contributed by atoms with Gasteiger partial charge in [-0.15, -0.1) is 0 Å². The molecule has 0 radical (unpaired) electrons. The topological polar surface area (TPSA) is 39.6 Å². The van der Waals surface area contributed by atoms with Gasteiger partial charge in [0, 0.05) is 43.5 Å². The first-order valence-electron chi connectivity index (χ1n) is 7.67. The highest BCUT2D eigenvalue weighted by atomic mass is 16.3. The number of hydrogen-bond donors (Lipinski definition) is 1. The minimum absolute atomic E-state index is 0.394. The standard InChI is InChI=1S/C16H27N3O/c1-5-15(20)14-6-7-16(17-13(14)4)19-10-8-18(9-11-19)12(2)3/h6-7,12,15,20H,5,8-11H2,1-4H3/t15-/m1/s1. The van der Waals surface area contributed by atoms with E-state index in [0.29, 0.717) is 6.04 Å². The number of aryl methyl sites for hydroxylation is 1. The Labute approximate surface area is 122 Å². The van der Waals surface area contributed by atoms with Gasteiger partial charge in [-0.2, -0.15) is 0 Å². The average Bonchev–Trinajstić information content (AvgIpc) is 2.46. The third-order valence-corrected chi connectivity index (χ3v) is 4.23. The fraction of sp³-hybridized carbons (Fsp3) is 0.688. The molecule has 0 saturated carbocycles. The molecule has 0 unspecified atom stereocenters. The van der Waals surface area contributed by atoms with E-state index in [1.54, 1.807) is 0 Å². The first-order valence-corrected chi connectivity index (χ1v) is 7.67. The summed E-state index contributed by atoms with van der Waals surface area (Å²) in [7, 11) is 0. The van der Waals surface area contributed by atoms with E-state index in [4.69, 9.17) is 0 Å². The highest BCUT2D eigenvalue weighted by Crippen LogP contribution is 2.23. The largest absolute Gasteiger partial charge is 0.388 e. The molecule has 4 nitrogen and oxygen atoms in total. The molecular formula is C16H27N3O. The Bertz CT molecular complexity index is 439. The lowest BCUT2D eigenvalue weighted by atomic mass is 10.1. The van der Waals surface area contributed by atoms with Gasteiger partial charge in [0.2, 0.25) is 0 Å². The van der Waals surface area contributed by atoms with E-state index in [2.05, 4.69) is 28.6 Å². The molecule has 1 fully saturated rings. The molecule has 0 aliphatic carbocycles. The number of piperazine rings is 1. The molecule has 2 rings (SSSR count). The summed E-state index contributed by atoms with van der Waals surface area (Å²) in [6.45, 7) is 12.7. The summed E-state index contributed by atoms with van der Waals surface area (Å²) < 4.78 is 0. The number of aliphatic hydroxyl groups is 1. The van der Waals surface area contributed by atoms with Crippen LogP contribution in [0.15, 0.2) is 12.1 Å². The van der Waals surface area contributed by atoms with E-state index >= 15 is 0 Å². The van der Waals surface area contributed by atoms with Crippen molar-refractivity contribution in [3.8, 4) is 0 Å². The van der Waals surface area contributed by atoms with E-state index in [1.165, 1.54) is 0 Å². The molecule has 112 valence electrons. The summed E-state index contributed by atoms with van der Waals surface area (Å²) >= 11 is 0. The van der Waals surface area contributed by atoms with Crippen LogP contribution in [-0.4, -0.2) is 47.2 Å². The summed E-state index contributed by atoms with van der Waals surface area (Å²) in [6, 6.07) is 4.70. The van der Waals surface area contributed by atoms with Crippen LogP contribution in [0.3, 0.4) is 0 Å². The van der Waals surface area contributed by atoms with Crippen molar-refractivity contribution in [2.45, 2.75) is 46.3 Å². The van der Waals surface area contributed by atoms with E-state index in [0.717, 1.165) is 49.7 Å². The Morgan fingerprint density at radius 1 is 1.20 bits per heavy atom. The van der Waals surface area contributed by atoms with Gasteiger partial charge in [0.25, 0.3) is 0 Å². The number of hydrogen-bond acceptors (Lipinski definition) is 4. The molecule has 1 atom stereocenters. The van der Waals surface area contributed by atoms with Crippen molar-refractivity contribution in [3.63, 3.8) is 0 Å². The van der Waals surface area contributed by atoms with E-state index in [1.807, 2.05) is 26.0 Å². The predicted molar refractivity (Wildman–Crippen MR) is 83.1 cm³/mol. The Morgan fingerprint density at radius 3 is 2.35 bits per heavy atom. The van der Waals surface area contributed by atoms with Crippen LogP contribution in [0.5, 0.6) is 0 Å². The van der Waals surface area contributed by atoms with Crippen molar-refractivity contribution in [2.75, 3.05) is 31.1 Å². The minimum Gasteiger partial charge on any atom is -0.388 e. The summed E-state index contributed by atoms with van der Waals surface area (Å²) in [5.41, 5.74) is 1.90. The zero-order valence-corrected chi connectivity index (χ0v) is 13.1. The molecule has 1 aromatic rings. The zero-order valence-electron chi connectivity index (χ0n) is 13.1. The number of nitrogens with zero attached hydrogens (tertiary/aromatic N) is 3. The van der Waals surface area contributed by atoms with Crippen LogP contribution in [0.4, 0.5) is 5.82 Å². The lowest BCUT2D eigenvalue weighted by Crippen LogP contribution is -2.49. The molecule has 20 heavy (non-hydrogen) atoms.